The van der Waals surface area contributed by atoms with Gasteiger partial charge in [0.2, 0.25) is 0 Å². The van der Waals surface area contributed by atoms with Crippen LogP contribution in [-0.4, -0.2) is 30.6 Å². The lowest BCUT2D eigenvalue weighted by Gasteiger charge is -2.21. The fourth-order valence-electron chi connectivity index (χ4n) is 2.04. The van der Waals surface area contributed by atoms with Gasteiger partial charge in [-0.1, -0.05) is 12.1 Å². The van der Waals surface area contributed by atoms with Crippen LogP contribution in [0.3, 0.4) is 0 Å². The number of carbonyl (C=O) groups is 2. The largest absolute Gasteiger partial charge is 0.472 e. The van der Waals surface area contributed by atoms with E-state index in [2.05, 4.69) is 10.1 Å². The normalized spacial score (nSPS) is 10.1. The van der Waals surface area contributed by atoms with Crippen molar-refractivity contribution in [2.24, 2.45) is 0 Å². The predicted molar refractivity (Wildman–Crippen MR) is 81.6 cm³/mol. The molecule has 22 heavy (non-hydrogen) atoms. The predicted octanol–water partition coefficient (Wildman–Crippen LogP) is 3.12. The zero-order chi connectivity index (χ0) is 15.9. The number of methoxy groups -OCH3 is 1. The van der Waals surface area contributed by atoms with E-state index in [1.165, 1.54) is 7.11 Å². The number of furan rings is 1. The minimum atomic E-state index is -0.613. The van der Waals surface area contributed by atoms with Gasteiger partial charge >= 0.3 is 6.09 Å². The number of carbonyl (C=O) groups excluding carboxylic acids is 2. The lowest BCUT2D eigenvalue weighted by Crippen LogP contribution is -2.31. The second-order valence-electron chi connectivity index (χ2n) is 4.61. The van der Waals surface area contributed by atoms with Crippen molar-refractivity contribution in [3.8, 4) is 0 Å². The van der Waals surface area contributed by atoms with Crippen LogP contribution >= 0.6 is 0 Å². The Morgan fingerprint density at radius 3 is 2.68 bits per heavy atom. The van der Waals surface area contributed by atoms with Gasteiger partial charge in [0.25, 0.3) is 5.91 Å². The highest BCUT2D eigenvalue weighted by molar-refractivity contribution is 6.02. The number of hydrogen-bond donors (Lipinski definition) is 1. The molecule has 1 N–H and O–H groups in total. The smallest absolute Gasteiger partial charge is 0.411 e. The molecule has 1 aromatic carbocycles. The number of amides is 2. The first kappa shape index (κ1) is 15.6. The number of benzene rings is 1. The highest BCUT2D eigenvalue weighted by atomic mass is 16.5. The van der Waals surface area contributed by atoms with Crippen LogP contribution in [-0.2, 0) is 11.3 Å². The maximum atomic E-state index is 12.7. The van der Waals surface area contributed by atoms with Crippen molar-refractivity contribution < 1.29 is 18.7 Å². The molecule has 2 aromatic rings. The molecule has 0 atom stereocenters. The highest BCUT2D eigenvalue weighted by Gasteiger charge is 2.19. The molecule has 0 radical (unpaired) electrons. The first-order chi connectivity index (χ1) is 10.7. The Balaban J connectivity index is 2.21. The number of para-hydroxylation sites is 1. The van der Waals surface area contributed by atoms with Crippen molar-refractivity contribution >= 4 is 17.7 Å². The molecule has 0 bridgehead atoms. The summed E-state index contributed by atoms with van der Waals surface area (Å²) in [7, 11) is 1.27. The van der Waals surface area contributed by atoms with Gasteiger partial charge in [-0.05, 0) is 25.1 Å². The molecule has 2 rings (SSSR count). The van der Waals surface area contributed by atoms with E-state index in [1.807, 2.05) is 13.0 Å². The van der Waals surface area contributed by atoms with Crippen LogP contribution in [0.5, 0.6) is 0 Å². The van der Waals surface area contributed by atoms with Crippen LogP contribution in [0, 0.1) is 0 Å². The van der Waals surface area contributed by atoms with E-state index in [9.17, 15) is 9.59 Å². The first-order valence-electron chi connectivity index (χ1n) is 6.90. The number of nitrogens with zero attached hydrogens (tertiary/aromatic N) is 1. The van der Waals surface area contributed by atoms with Gasteiger partial charge in [-0.15, -0.1) is 0 Å². The summed E-state index contributed by atoms with van der Waals surface area (Å²) in [5.41, 5.74) is 1.75. The van der Waals surface area contributed by atoms with Gasteiger partial charge in [-0.25, -0.2) is 4.79 Å². The third kappa shape index (κ3) is 3.66. The van der Waals surface area contributed by atoms with Crippen molar-refractivity contribution in [1.82, 2.24) is 4.90 Å². The zero-order valence-electron chi connectivity index (χ0n) is 12.5. The minimum Gasteiger partial charge on any atom is -0.472 e. The summed E-state index contributed by atoms with van der Waals surface area (Å²) in [6.07, 6.45) is 2.56. The van der Waals surface area contributed by atoms with E-state index in [0.717, 1.165) is 5.56 Å². The Hall–Kier alpha value is -2.76. The van der Waals surface area contributed by atoms with Crippen LogP contribution in [0.25, 0.3) is 0 Å². The highest BCUT2D eigenvalue weighted by Crippen LogP contribution is 2.19. The van der Waals surface area contributed by atoms with Crippen molar-refractivity contribution in [3.63, 3.8) is 0 Å². The van der Waals surface area contributed by atoms with Crippen molar-refractivity contribution in [1.29, 1.82) is 0 Å². The molecule has 0 aliphatic carbocycles. The Morgan fingerprint density at radius 1 is 1.27 bits per heavy atom. The zero-order valence-corrected chi connectivity index (χ0v) is 12.5. The first-order valence-corrected chi connectivity index (χ1v) is 6.90. The topological polar surface area (TPSA) is 71.8 Å². The number of ether oxygens (including phenoxy) is 1. The van der Waals surface area contributed by atoms with E-state index in [1.54, 1.807) is 41.7 Å². The van der Waals surface area contributed by atoms with E-state index in [0.29, 0.717) is 24.3 Å². The molecule has 6 heteroatoms. The minimum absolute atomic E-state index is 0.171. The summed E-state index contributed by atoms with van der Waals surface area (Å²) in [4.78, 5) is 25.7. The number of nitrogens with one attached hydrogen (secondary N) is 1. The van der Waals surface area contributed by atoms with Gasteiger partial charge in [0.05, 0.1) is 30.9 Å². The van der Waals surface area contributed by atoms with Gasteiger partial charge in [0.1, 0.15) is 0 Å². The third-order valence-electron chi connectivity index (χ3n) is 3.20. The maximum absolute atomic E-state index is 12.7. The molecular formula is C16H18N2O4. The lowest BCUT2D eigenvalue weighted by molar-refractivity contribution is 0.0753. The van der Waals surface area contributed by atoms with Crippen LogP contribution in [0.1, 0.15) is 22.8 Å². The number of rotatable bonds is 5. The van der Waals surface area contributed by atoms with Crippen LogP contribution in [0.4, 0.5) is 10.5 Å². The fourth-order valence-corrected chi connectivity index (χ4v) is 2.04. The standard InChI is InChI=1S/C16H18N2O4/c1-3-18(10-12-8-9-22-11-12)15(19)13-6-4-5-7-14(13)17-16(20)21-2/h4-9,11H,3,10H2,1-2H3,(H,17,20). The summed E-state index contributed by atoms with van der Waals surface area (Å²) < 4.78 is 9.60. The molecule has 0 aliphatic rings. The summed E-state index contributed by atoms with van der Waals surface area (Å²) in [6, 6.07) is 8.64. The lowest BCUT2D eigenvalue weighted by atomic mass is 10.1. The second kappa shape index (κ2) is 7.31. The monoisotopic (exact) mass is 302 g/mol. The number of anilines is 1. The Morgan fingerprint density at radius 2 is 2.05 bits per heavy atom. The molecule has 1 heterocycles. The van der Waals surface area contributed by atoms with Gasteiger partial charge in [0, 0.05) is 18.7 Å². The molecular weight excluding hydrogens is 284 g/mol. The summed E-state index contributed by atoms with van der Waals surface area (Å²) in [5.74, 6) is -0.171. The Kier molecular flexibility index (Phi) is 5.19. The Bertz CT molecular complexity index is 637. The van der Waals surface area contributed by atoms with E-state index in [4.69, 9.17) is 4.42 Å². The van der Waals surface area contributed by atoms with Gasteiger partial charge in [-0.2, -0.15) is 0 Å². The average molecular weight is 302 g/mol. The van der Waals surface area contributed by atoms with Gasteiger partial charge in [-0.3, -0.25) is 10.1 Å². The van der Waals surface area contributed by atoms with E-state index in [-0.39, 0.29) is 5.91 Å². The van der Waals surface area contributed by atoms with Crippen LogP contribution in [0.15, 0.2) is 47.3 Å². The third-order valence-corrected chi connectivity index (χ3v) is 3.20. The molecule has 116 valence electrons. The van der Waals surface area contributed by atoms with Crippen LogP contribution in [0.2, 0.25) is 0 Å². The molecule has 2 amide bonds. The molecule has 6 nitrogen and oxygen atoms in total. The molecule has 0 aliphatic heterocycles. The summed E-state index contributed by atoms with van der Waals surface area (Å²) in [5, 5.41) is 2.55. The van der Waals surface area contributed by atoms with E-state index >= 15 is 0 Å². The molecule has 0 fully saturated rings. The summed E-state index contributed by atoms with van der Waals surface area (Å²) in [6.45, 7) is 2.88. The van der Waals surface area contributed by atoms with Crippen LogP contribution < -0.4 is 5.32 Å². The summed E-state index contributed by atoms with van der Waals surface area (Å²) >= 11 is 0. The van der Waals surface area contributed by atoms with E-state index < -0.39 is 6.09 Å². The van der Waals surface area contributed by atoms with Gasteiger partial charge in [0.15, 0.2) is 0 Å². The molecule has 0 saturated carbocycles. The quantitative estimate of drug-likeness (QED) is 0.921. The average Bonchev–Trinajstić information content (AvgIpc) is 3.05. The van der Waals surface area contributed by atoms with Crippen molar-refractivity contribution in [3.05, 3.63) is 54.0 Å². The molecule has 0 saturated heterocycles. The SMILES string of the molecule is CCN(Cc1ccoc1)C(=O)c1ccccc1NC(=O)OC. The van der Waals surface area contributed by atoms with Gasteiger partial charge < -0.3 is 14.1 Å². The van der Waals surface area contributed by atoms with Crippen molar-refractivity contribution in [2.75, 3.05) is 19.0 Å². The second-order valence-corrected chi connectivity index (χ2v) is 4.61. The fraction of sp³-hybridized carbons (Fsp3) is 0.250. The molecule has 0 unspecified atom stereocenters. The molecule has 0 spiro atoms. The Labute approximate surface area is 128 Å². The number of hydrogen-bond acceptors (Lipinski definition) is 4. The van der Waals surface area contributed by atoms with Crippen molar-refractivity contribution in [2.45, 2.75) is 13.5 Å². The maximum Gasteiger partial charge on any atom is 0.411 e. The molecule has 1 aromatic heterocycles.